The van der Waals surface area contributed by atoms with Crippen molar-refractivity contribution in [3.05, 3.63) is 60.4 Å². The first-order chi connectivity index (χ1) is 11.5. The molecule has 2 atom stereocenters. The Morgan fingerprint density at radius 3 is 2.17 bits per heavy atom. The van der Waals surface area contributed by atoms with E-state index in [1.165, 1.54) is 12.1 Å². The minimum Gasteiger partial charge on any atom is -0.381 e. The van der Waals surface area contributed by atoms with Crippen molar-refractivity contribution in [2.24, 2.45) is 0 Å². The van der Waals surface area contributed by atoms with E-state index in [0.717, 1.165) is 31.4 Å². The Morgan fingerprint density at radius 1 is 0.875 bits per heavy atom. The highest BCUT2D eigenvalue weighted by Gasteiger charge is 2.29. The van der Waals surface area contributed by atoms with Crippen LogP contribution in [0.25, 0.3) is 0 Å². The molecule has 4 nitrogen and oxygen atoms in total. The molecular weight excluding hydrogens is 327 g/mol. The van der Waals surface area contributed by atoms with Crippen LogP contribution in [0.3, 0.4) is 0 Å². The molecule has 0 aromatic heterocycles. The van der Waals surface area contributed by atoms with Crippen molar-refractivity contribution in [3.8, 4) is 0 Å². The fourth-order valence-corrected chi connectivity index (χ4v) is 4.40. The van der Waals surface area contributed by atoms with Crippen LogP contribution in [0.4, 0.5) is 10.1 Å². The molecule has 1 aliphatic rings. The number of hydrogen-bond acceptors (Lipinski definition) is 3. The van der Waals surface area contributed by atoms with Gasteiger partial charge in [-0.25, -0.2) is 17.5 Å². The van der Waals surface area contributed by atoms with Gasteiger partial charge >= 0.3 is 0 Å². The molecule has 2 aromatic carbocycles. The largest absolute Gasteiger partial charge is 0.381 e. The van der Waals surface area contributed by atoms with Crippen molar-refractivity contribution in [2.75, 3.05) is 5.32 Å². The molecule has 0 saturated heterocycles. The Morgan fingerprint density at radius 2 is 1.50 bits per heavy atom. The second-order valence-electron chi connectivity index (χ2n) is 6.08. The van der Waals surface area contributed by atoms with Crippen LogP contribution in [0.1, 0.15) is 25.7 Å². The van der Waals surface area contributed by atoms with Crippen LogP contribution in [-0.2, 0) is 10.0 Å². The normalized spacial score (nSPS) is 21.4. The summed E-state index contributed by atoms with van der Waals surface area (Å²) >= 11 is 0. The van der Waals surface area contributed by atoms with Gasteiger partial charge in [0.05, 0.1) is 4.90 Å². The Bertz CT molecular complexity index is 763. The fraction of sp³-hybridized carbons (Fsp3) is 0.333. The van der Waals surface area contributed by atoms with Crippen molar-refractivity contribution < 1.29 is 12.8 Å². The lowest BCUT2D eigenvalue weighted by molar-refractivity contribution is 0.378. The summed E-state index contributed by atoms with van der Waals surface area (Å²) in [6, 6.07) is 14.3. The molecule has 0 aliphatic heterocycles. The highest BCUT2D eigenvalue weighted by Crippen LogP contribution is 2.24. The first-order valence-electron chi connectivity index (χ1n) is 8.14. The van der Waals surface area contributed by atoms with Gasteiger partial charge in [-0.3, -0.25) is 0 Å². The maximum absolute atomic E-state index is 13.0. The van der Waals surface area contributed by atoms with Gasteiger partial charge in [-0.05, 0) is 49.2 Å². The van der Waals surface area contributed by atoms with Crippen LogP contribution in [0, 0.1) is 5.82 Å². The number of rotatable bonds is 5. The molecule has 6 heteroatoms. The Labute approximate surface area is 142 Å². The topological polar surface area (TPSA) is 58.2 Å². The van der Waals surface area contributed by atoms with Crippen LogP contribution >= 0.6 is 0 Å². The lowest BCUT2D eigenvalue weighted by Gasteiger charge is -2.33. The Hall–Kier alpha value is -1.92. The second-order valence-corrected chi connectivity index (χ2v) is 7.80. The molecule has 128 valence electrons. The van der Waals surface area contributed by atoms with E-state index < -0.39 is 10.0 Å². The SMILES string of the molecule is O=S(=O)(N[C@@H]1CCCC[C@H]1Nc1ccc(F)cc1)c1ccccc1. The smallest absolute Gasteiger partial charge is 0.240 e. The van der Waals surface area contributed by atoms with E-state index in [9.17, 15) is 12.8 Å². The van der Waals surface area contributed by atoms with Gasteiger partial charge < -0.3 is 5.32 Å². The predicted molar refractivity (Wildman–Crippen MR) is 92.8 cm³/mol. The standard InChI is InChI=1S/C18H21FN2O2S/c19-14-10-12-15(13-11-14)20-17-8-4-5-9-18(17)21-24(22,23)16-6-2-1-3-7-16/h1-3,6-7,10-13,17-18,20-21H,4-5,8-9H2/t17-,18-/m1/s1. The van der Waals surface area contributed by atoms with Crippen LogP contribution in [0.5, 0.6) is 0 Å². The molecule has 1 aliphatic carbocycles. The molecule has 0 bridgehead atoms. The average molecular weight is 348 g/mol. The molecule has 2 N–H and O–H groups in total. The van der Waals surface area contributed by atoms with Crippen molar-refractivity contribution in [2.45, 2.75) is 42.7 Å². The average Bonchev–Trinajstić information content (AvgIpc) is 2.59. The molecule has 3 rings (SSSR count). The first-order valence-corrected chi connectivity index (χ1v) is 9.62. The maximum atomic E-state index is 13.0. The number of benzene rings is 2. The van der Waals surface area contributed by atoms with E-state index in [1.807, 2.05) is 0 Å². The zero-order chi connectivity index (χ0) is 17.0. The van der Waals surface area contributed by atoms with Crippen LogP contribution < -0.4 is 10.0 Å². The van der Waals surface area contributed by atoms with Gasteiger partial charge in [0.2, 0.25) is 10.0 Å². The summed E-state index contributed by atoms with van der Waals surface area (Å²) in [7, 11) is -3.54. The lowest BCUT2D eigenvalue weighted by Crippen LogP contribution is -2.48. The third-order valence-corrected chi connectivity index (χ3v) is 5.83. The van der Waals surface area contributed by atoms with Crippen molar-refractivity contribution in [3.63, 3.8) is 0 Å². The number of halogens is 1. The van der Waals surface area contributed by atoms with Gasteiger partial charge in [0.15, 0.2) is 0 Å². The van der Waals surface area contributed by atoms with Gasteiger partial charge in [0, 0.05) is 17.8 Å². The van der Waals surface area contributed by atoms with Crippen LogP contribution in [0.15, 0.2) is 59.5 Å². The van der Waals surface area contributed by atoms with Gasteiger partial charge in [-0.2, -0.15) is 0 Å². The lowest BCUT2D eigenvalue weighted by atomic mass is 9.91. The van der Waals surface area contributed by atoms with E-state index in [0.29, 0.717) is 0 Å². The van der Waals surface area contributed by atoms with Crippen molar-refractivity contribution in [1.82, 2.24) is 4.72 Å². The number of hydrogen-bond donors (Lipinski definition) is 2. The summed E-state index contributed by atoms with van der Waals surface area (Å²) in [4.78, 5) is 0.274. The van der Waals surface area contributed by atoms with Gasteiger partial charge in [0.25, 0.3) is 0 Å². The number of nitrogens with one attached hydrogen (secondary N) is 2. The summed E-state index contributed by atoms with van der Waals surface area (Å²) in [6.07, 6.45) is 3.69. The van der Waals surface area contributed by atoms with Crippen LogP contribution in [-0.4, -0.2) is 20.5 Å². The van der Waals surface area contributed by atoms with E-state index >= 15 is 0 Å². The molecule has 1 fully saturated rings. The summed E-state index contributed by atoms with van der Waals surface area (Å²) in [5.74, 6) is -0.287. The van der Waals surface area contributed by atoms with Crippen molar-refractivity contribution in [1.29, 1.82) is 0 Å². The molecule has 0 spiro atoms. The quantitative estimate of drug-likeness (QED) is 0.869. The second kappa shape index (κ2) is 7.32. The molecule has 0 heterocycles. The first kappa shape index (κ1) is 16.9. The summed E-state index contributed by atoms with van der Waals surface area (Å²) in [5.41, 5.74) is 0.798. The summed E-state index contributed by atoms with van der Waals surface area (Å²) in [5, 5.41) is 3.34. The van der Waals surface area contributed by atoms with Crippen LogP contribution in [0.2, 0.25) is 0 Å². The van der Waals surface area contributed by atoms with Gasteiger partial charge in [-0.1, -0.05) is 31.0 Å². The van der Waals surface area contributed by atoms with E-state index in [2.05, 4.69) is 10.0 Å². The molecular formula is C18H21FN2O2S. The predicted octanol–water partition coefficient (Wildman–Crippen LogP) is 3.53. The van der Waals surface area contributed by atoms with Gasteiger partial charge in [0.1, 0.15) is 5.82 Å². The Kier molecular flexibility index (Phi) is 5.16. The number of anilines is 1. The monoisotopic (exact) mass is 348 g/mol. The minimum atomic E-state index is -3.54. The molecule has 2 aromatic rings. The third-order valence-electron chi connectivity index (χ3n) is 4.32. The van der Waals surface area contributed by atoms with E-state index in [-0.39, 0.29) is 22.8 Å². The summed E-state index contributed by atoms with van der Waals surface area (Å²) in [6.45, 7) is 0. The molecule has 0 amide bonds. The maximum Gasteiger partial charge on any atom is 0.240 e. The molecule has 0 radical (unpaired) electrons. The molecule has 0 unspecified atom stereocenters. The molecule has 24 heavy (non-hydrogen) atoms. The number of sulfonamides is 1. The highest BCUT2D eigenvalue weighted by molar-refractivity contribution is 7.89. The zero-order valence-corrected chi connectivity index (χ0v) is 14.1. The summed E-state index contributed by atoms with van der Waals surface area (Å²) < 4.78 is 41.0. The fourth-order valence-electron chi connectivity index (χ4n) is 3.07. The third kappa shape index (κ3) is 4.13. The minimum absolute atomic E-state index is 0.0114. The van der Waals surface area contributed by atoms with E-state index in [1.54, 1.807) is 42.5 Å². The van der Waals surface area contributed by atoms with E-state index in [4.69, 9.17) is 0 Å². The zero-order valence-electron chi connectivity index (χ0n) is 13.3. The Balaban J connectivity index is 1.74. The van der Waals surface area contributed by atoms with Gasteiger partial charge in [-0.15, -0.1) is 0 Å². The van der Waals surface area contributed by atoms with Crippen molar-refractivity contribution >= 4 is 15.7 Å². The molecule has 1 saturated carbocycles. The highest BCUT2D eigenvalue weighted by atomic mass is 32.2.